The summed E-state index contributed by atoms with van der Waals surface area (Å²) in [6, 6.07) is 24.8. The molecular formula is C25H28N2OSSe. The van der Waals surface area contributed by atoms with Crippen molar-refractivity contribution >= 4 is 37.5 Å². The first-order chi connectivity index (χ1) is 14.8. The van der Waals surface area contributed by atoms with Crippen molar-refractivity contribution in [3.05, 3.63) is 94.8 Å². The topological polar surface area (TPSA) is 26.5 Å². The SMILES string of the molecule is CCCCCCN=C(On1ccccc1=S)c1ccccc1[Se]Cc1ccccc1. The van der Waals surface area contributed by atoms with E-state index < -0.39 is 0 Å². The van der Waals surface area contributed by atoms with Crippen LogP contribution in [0.5, 0.6) is 0 Å². The standard InChI is InChI=1S/C25H28N2OSSe/c1-2-3-4-11-18-26-25(28-27-19-12-10-17-24(27)29)22-15-8-9-16-23(22)30-20-21-13-6-5-7-14-21/h5-10,12-17,19H,2-4,11,18,20H2,1H3. The molecule has 0 spiro atoms. The predicted molar refractivity (Wildman–Crippen MR) is 129 cm³/mol. The summed E-state index contributed by atoms with van der Waals surface area (Å²) in [5, 5.41) is 1.04. The Morgan fingerprint density at radius 3 is 2.50 bits per heavy atom. The fraction of sp³-hybridized carbons (Fsp3) is 0.280. The van der Waals surface area contributed by atoms with Crippen LogP contribution >= 0.6 is 12.2 Å². The molecule has 156 valence electrons. The Balaban J connectivity index is 1.83. The molecule has 0 aliphatic heterocycles. The number of aliphatic imine (C=N–C) groups is 1. The third kappa shape index (κ3) is 6.94. The summed E-state index contributed by atoms with van der Waals surface area (Å²) >= 11 is 5.71. The van der Waals surface area contributed by atoms with Crippen molar-refractivity contribution in [1.82, 2.24) is 4.73 Å². The van der Waals surface area contributed by atoms with E-state index in [0.717, 1.165) is 23.8 Å². The van der Waals surface area contributed by atoms with Gasteiger partial charge >= 0.3 is 191 Å². The van der Waals surface area contributed by atoms with Crippen LogP contribution in [0.25, 0.3) is 0 Å². The molecule has 3 nitrogen and oxygen atoms in total. The molecule has 0 saturated heterocycles. The van der Waals surface area contributed by atoms with Gasteiger partial charge < -0.3 is 0 Å². The molecule has 3 rings (SSSR count). The molecule has 0 atom stereocenters. The summed E-state index contributed by atoms with van der Waals surface area (Å²) in [4.78, 5) is 11.1. The number of pyridine rings is 1. The molecule has 0 fully saturated rings. The molecule has 0 saturated carbocycles. The monoisotopic (exact) mass is 484 g/mol. The minimum absolute atomic E-state index is 0.280. The summed E-state index contributed by atoms with van der Waals surface area (Å²) in [6.45, 7) is 2.98. The molecule has 0 N–H and O–H groups in total. The van der Waals surface area contributed by atoms with Crippen LogP contribution in [0.2, 0.25) is 0 Å². The van der Waals surface area contributed by atoms with E-state index in [9.17, 15) is 0 Å². The summed E-state index contributed by atoms with van der Waals surface area (Å²) in [7, 11) is 0. The van der Waals surface area contributed by atoms with Gasteiger partial charge in [0, 0.05) is 0 Å². The van der Waals surface area contributed by atoms with Crippen molar-refractivity contribution in [3.63, 3.8) is 0 Å². The van der Waals surface area contributed by atoms with Crippen LogP contribution in [0, 0.1) is 4.64 Å². The molecule has 1 aromatic heterocycles. The van der Waals surface area contributed by atoms with Gasteiger partial charge in [0.05, 0.1) is 0 Å². The van der Waals surface area contributed by atoms with E-state index in [-0.39, 0.29) is 15.0 Å². The molecule has 0 unspecified atom stereocenters. The summed E-state index contributed by atoms with van der Waals surface area (Å²) in [5.41, 5.74) is 2.42. The summed E-state index contributed by atoms with van der Waals surface area (Å²) in [5.74, 6) is 0.652. The number of rotatable bonds is 10. The fourth-order valence-corrected chi connectivity index (χ4v) is 5.24. The average molecular weight is 484 g/mol. The van der Waals surface area contributed by atoms with Crippen molar-refractivity contribution in [2.75, 3.05) is 6.54 Å². The summed E-state index contributed by atoms with van der Waals surface area (Å²) < 4.78 is 3.55. The van der Waals surface area contributed by atoms with Gasteiger partial charge in [-0.15, -0.1) is 0 Å². The van der Waals surface area contributed by atoms with Crippen molar-refractivity contribution in [2.45, 2.75) is 37.9 Å². The van der Waals surface area contributed by atoms with E-state index >= 15 is 0 Å². The van der Waals surface area contributed by atoms with E-state index in [4.69, 9.17) is 22.0 Å². The number of unbranched alkanes of at least 4 members (excludes halogenated alkanes) is 3. The Kier molecular flexibility index (Phi) is 9.36. The van der Waals surface area contributed by atoms with E-state index in [1.165, 1.54) is 29.3 Å². The van der Waals surface area contributed by atoms with Gasteiger partial charge in [-0.05, 0) is 0 Å². The van der Waals surface area contributed by atoms with Gasteiger partial charge in [0.1, 0.15) is 0 Å². The molecule has 0 radical (unpaired) electrons. The Morgan fingerprint density at radius 2 is 1.70 bits per heavy atom. The van der Waals surface area contributed by atoms with Crippen LogP contribution in [0.15, 0.2) is 84.0 Å². The third-order valence-electron chi connectivity index (χ3n) is 4.60. The van der Waals surface area contributed by atoms with Gasteiger partial charge in [0.15, 0.2) is 0 Å². The van der Waals surface area contributed by atoms with Crippen LogP contribution in [-0.4, -0.2) is 32.1 Å². The molecule has 30 heavy (non-hydrogen) atoms. The van der Waals surface area contributed by atoms with E-state index in [1.54, 1.807) is 4.73 Å². The molecular weight excluding hydrogens is 455 g/mol. The number of hydrogen-bond acceptors (Lipinski definition) is 3. The first-order valence-electron chi connectivity index (χ1n) is 10.4. The number of aromatic nitrogens is 1. The zero-order valence-electron chi connectivity index (χ0n) is 17.4. The maximum absolute atomic E-state index is 6.20. The first-order valence-corrected chi connectivity index (χ1v) is 12.9. The molecule has 0 amide bonds. The predicted octanol–water partition coefficient (Wildman–Crippen LogP) is 5.20. The van der Waals surface area contributed by atoms with E-state index in [2.05, 4.69) is 61.5 Å². The number of hydrogen-bond donors (Lipinski definition) is 0. The molecule has 0 aliphatic rings. The molecule has 3 aromatic rings. The van der Waals surface area contributed by atoms with Crippen molar-refractivity contribution in [3.8, 4) is 0 Å². The van der Waals surface area contributed by atoms with Crippen LogP contribution in [0.3, 0.4) is 0 Å². The molecule has 0 aliphatic carbocycles. The van der Waals surface area contributed by atoms with Gasteiger partial charge in [-0.25, -0.2) is 0 Å². The van der Waals surface area contributed by atoms with Crippen LogP contribution in [-0.2, 0) is 5.32 Å². The second-order valence-corrected chi connectivity index (χ2v) is 9.53. The zero-order chi connectivity index (χ0) is 21.0. The third-order valence-corrected chi connectivity index (χ3v) is 7.31. The van der Waals surface area contributed by atoms with Crippen LogP contribution in [0.1, 0.15) is 43.7 Å². The van der Waals surface area contributed by atoms with Crippen molar-refractivity contribution < 1.29 is 4.84 Å². The Hall–Kier alpha value is -2.20. The summed E-state index contributed by atoms with van der Waals surface area (Å²) in [6.07, 6.45) is 6.56. The molecule has 1 heterocycles. The second-order valence-electron chi connectivity index (χ2n) is 6.97. The Bertz CT molecular complexity index is 1000. The normalized spacial score (nSPS) is 11.4. The zero-order valence-corrected chi connectivity index (χ0v) is 19.9. The second kappa shape index (κ2) is 12.5. The molecule has 2 aromatic carbocycles. The maximum atomic E-state index is 6.20. The molecule has 0 bridgehead atoms. The van der Waals surface area contributed by atoms with Gasteiger partial charge in [0.2, 0.25) is 0 Å². The molecule has 5 heteroatoms. The Labute approximate surface area is 190 Å². The minimum atomic E-state index is 0.280. The first kappa shape index (κ1) is 22.5. The van der Waals surface area contributed by atoms with Crippen molar-refractivity contribution in [2.24, 2.45) is 4.99 Å². The number of benzene rings is 2. The van der Waals surface area contributed by atoms with E-state index in [1.807, 2.05) is 24.4 Å². The van der Waals surface area contributed by atoms with Crippen LogP contribution < -0.4 is 9.30 Å². The average Bonchev–Trinajstić information content (AvgIpc) is 2.79. The Morgan fingerprint density at radius 1 is 0.933 bits per heavy atom. The van der Waals surface area contributed by atoms with E-state index in [0.29, 0.717) is 10.5 Å². The van der Waals surface area contributed by atoms with Crippen molar-refractivity contribution in [1.29, 1.82) is 0 Å². The number of nitrogens with zero attached hydrogens (tertiary/aromatic N) is 2. The quantitative estimate of drug-likeness (QED) is 0.130. The van der Waals surface area contributed by atoms with Gasteiger partial charge in [-0.2, -0.15) is 0 Å². The van der Waals surface area contributed by atoms with Gasteiger partial charge in [-0.3, -0.25) is 0 Å². The van der Waals surface area contributed by atoms with Crippen LogP contribution in [0.4, 0.5) is 0 Å². The van der Waals surface area contributed by atoms with Gasteiger partial charge in [0.25, 0.3) is 0 Å². The van der Waals surface area contributed by atoms with Gasteiger partial charge in [-0.1, -0.05) is 0 Å². The fourth-order valence-electron chi connectivity index (χ4n) is 2.97.